The summed E-state index contributed by atoms with van der Waals surface area (Å²) in [5.41, 5.74) is 0. The summed E-state index contributed by atoms with van der Waals surface area (Å²) in [7, 11) is 0. The highest BCUT2D eigenvalue weighted by molar-refractivity contribution is 5.62. The first kappa shape index (κ1) is 6.59. The van der Waals surface area contributed by atoms with E-state index in [9.17, 15) is 0 Å². The fraction of sp³-hybridized carbons (Fsp3) is 0.857. The molecule has 1 saturated carbocycles. The highest BCUT2D eigenvalue weighted by Crippen LogP contribution is 2.26. The molecular weight excluding hydrogens is 114 g/mol. The molecule has 52 valence electrons. The Morgan fingerprint density at radius 3 is 3.00 bits per heavy atom. The van der Waals surface area contributed by atoms with Gasteiger partial charge in [-0.15, -0.1) is 0 Å². The van der Waals surface area contributed by atoms with Crippen LogP contribution in [0.5, 0.6) is 0 Å². The Morgan fingerprint density at radius 1 is 1.67 bits per heavy atom. The van der Waals surface area contributed by atoms with Gasteiger partial charge < -0.3 is 4.84 Å². The Labute approximate surface area is 55.9 Å². The molecule has 0 atom stereocenters. The maximum Gasteiger partial charge on any atom is 0.116 e. The molecule has 0 heterocycles. The van der Waals surface area contributed by atoms with Crippen LogP contribution in [-0.4, -0.2) is 12.8 Å². The summed E-state index contributed by atoms with van der Waals surface area (Å²) in [6.07, 6.45) is 5.57. The van der Waals surface area contributed by atoms with Crippen molar-refractivity contribution in [3.63, 3.8) is 0 Å². The maximum atomic E-state index is 4.90. The van der Waals surface area contributed by atoms with E-state index in [0.717, 1.165) is 18.9 Å². The van der Waals surface area contributed by atoms with Crippen LogP contribution in [0.3, 0.4) is 0 Å². The number of oxime groups is 1. The Morgan fingerprint density at radius 2 is 2.44 bits per heavy atom. The molecule has 0 N–H and O–H groups in total. The van der Waals surface area contributed by atoms with Crippen LogP contribution in [0.4, 0.5) is 0 Å². The molecule has 0 saturated heterocycles. The molecule has 0 spiro atoms. The second-order valence-electron chi connectivity index (χ2n) is 2.43. The molecule has 1 aliphatic carbocycles. The van der Waals surface area contributed by atoms with E-state index in [1.54, 1.807) is 0 Å². The van der Waals surface area contributed by atoms with Crippen molar-refractivity contribution >= 4 is 6.21 Å². The van der Waals surface area contributed by atoms with Crippen molar-refractivity contribution < 1.29 is 4.84 Å². The monoisotopic (exact) mass is 127 g/mol. The van der Waals surface area contributed by atoms with E-state index in [2.05, 4.69) is 12.1 Å². The molecule has 9 heavy (non-hydrogen) atoms. The Kier molecular flexibility index (Phi) is 2.55. The summed E-state index contributed by atoms with van der Waals surface area (Å²) in [5.74, 6) is 0.738. The minimum Gasteiger partial charge on any atom is -0.396 e. The SMILES string of the molecule is CCCON=CC1CC1. The van der Waals surface area contributed by atoms with Crippen LogP contribution >= 0.6 is 0 Å². The normalized spacial score (nSPS) is 18.8. The topological polar surface area (TPSA) is 21.6 Å². The zero-order valence-electron chi connectivity index (χ0n) is 5.84. The Hall–Kier alpha value is -0.530. The third kappa shape index (κ3) is 3.12. The molecule has 1 aliphatic rings. The first-order valence-corrected chi connectivity index (χ1v) is 3.59. The van der Waals surface area contributed by atoms with Crippen molar-refractivity contribution in [2.45, 2.75) is 26.2 Å². The fourth-order valence-electron chi connectivity index (χ4n) is 0.518. The highest BCUT2D eigenvalue weighted by Gasteiger charge is 2.18. The fourth-order valence-corrected chi connectivity index (χ4v) is 0.518. The molecule has 0 aliphatic heterocycles. The third-order valence-corrected chi connectivity index (χ3v) is 1.26. The first-order chi connectivity index (χ1) is 4.43. The largest absolute Gasteiger partial charge is 0.396 e. The lowest BCUT2D eigenvalue weighted by Crippen LogP contribution is -1.85. The standard InChI is InChI=1S/C7H13NO/c1-2-5-9-8-6-7-3-4-7/h6-7H,2-5H2,1H3. The van der Waals surface area contributed by atoms with E-state index in [1.807, 2.05) is 6.21 Å². The van der Waals surface area contributed by atoms with E-state index < -0.39 is 0 Å². The summed E-state index contributed by atoms with van der Waals surface area (Å²) in [4.78, 5) is 4.90. The van der Waals surface area contributed by atoms with E-state index in [4.69, 9.17) is 4.84 Å². The molecule has 2 heteroatoms. The molecule has 2 nitrogen and oxygen atoms in total. The van der Waals surface area contributed by atoms with Gasteiger partial charge in [-0.1, -0.05) is 12.1 Å². The van der Waals surface area contributed by atoms with Gasteiger partial charge in [-0.3, -0.25) is 0 Å². The molecule has 0 radical (unpaired) electrons. The van der Waals surface area contributed by atoms with E-state index in [0.29, 0.717) is 0 Å². The van der Waals surface area contributed by atoms with E-state index >= 15 is 0 Å². The van der Waals surface area contributed by atoms with Crippen LogP contribution in [0.15, 0.2) is 5.16 Å². The quantitative estimate of drug-likeness (QED) is 0.320. The van der Waals surface area contributed by atoms with Crippen LogP contribution in [-0.2, 0) is 4.84 Å². The summed E-state index contributed by atoms with van der Waals surface area (Å²) >= 11 is 0. The van der Waals surface area contributed by atoms with Gasteiger partial charge in [0.25, 0.3) is 0 Å². The molecule has 1 fully saturated rings. The van der Waals surface area contributed by atoms with Crippen LogP contribution in [0.2, 0.25) is 0 Å². The summed E-state index contributed by atoms with van der Waals surface area (Å²) in [5, 5.41) is 3.80. The van der Waals surface area contributed by atoms with Crippen LogP contribution in [0.25, 0.3) is 0 Å². The van der Waals surface area contributed by atoms with Crippen molar-refractivity contribution in [3.8, 4) is 0 Å². The molecule has 1 rings (SSSR count). The van der Waals surface area contributed by atoms with Crippen LogP contribution < -0.4 is 0 Å². The zero-order valence-corrected chi connectivity index (χ0v) is 5.84. The molecule has 0 bridgehead atoms. The number of nitrogens with zero attached hydrogens (tertiary/aromatic N) is 1. The lowest BCUT2D eigenvalue weighted by Gasteiger charge is -1.91. The van der Waals surface area contributed by atoms with Crippen molar-refractivity contribution in [1.29, 1.82) is 0 Å². The minimum atomic E-state index is 0.738. The van der Waals surface area contributed by atoms with Gasteiger partial charge in [0.15, 0.2) is 0 Å². The highest BCUT2D eigenvalue weighted by atomic mass is 16.6. The van der Waals surface area contributed by atoms with E-state index in [1.165, 1.54) is 12.8 Å². The lowest BCUT2D eigenvalue weighted by atomic mass is 10.5. The van der Waals surface area contributed by atoms with Gasteiger partial charge in [0.1, 0.15) is 6.61 Å². The average molecular weight is 127 g/mol. The summed E-state index contributed by atoms with van der Waals surface area (Å²) < 4.78 is 0. The predicted octanol–water partition coefficient (Wildman–Crippen LogP) is 1.81. The second-order valence-corrected chi connectivity index (χ2v) is 2.43. The smallest absolute Gasteiger partial charge is 0.116 e. The van der Waals surface area contributed by atoms with Gasteiger partial charge in [0.05, 0.1) is 0 Å². The van der Waals surface area contributed by atoms with Gasteiger partial charge in [0, 0.05) is 6.21 Å². The predicted molar refractivity (Wildman–Crippen MR) is 37.5 cm³/mol. The molecule has 0 aromatic rings. The van der Waals surface area contributed by atoms with Crippen molar-refractivity contribution in [2.24, 2.45) is 11.1 Å². The second kappa shape index (κ2) is 3.49. The van der Waals surface area contributed by atoms with Gasteiger partial charge in [-0.2, -0.15) is 0 Å². The Bertz CT molecular complexity index is 97.1. The number of rotatable bonds is 4. The van der Waals surface area contributed by atoms with Gasteiger partial charge >= 0.3 is 0 Å². The average Bonchev–Trinajstić information content (AvgIpc) is 2.63. The van der Waals surface area contributed by atoms with Gasteiger partial charge in [-0.25, -0.2) is 0 Å². The van der Waals surface area contributed by atoms with Crippen molar-refractivity contribution in [2.75, 3.05) is 6.61 Å². The van der Waals surface area contributed by atoms with Crippen molar-refractivity contribution in [1.82, 2.24) is 0 Å². The zero-order chi connectivity index (χ0) is 6.53. The first-order valence-electron chi connectivity index (χ1n) is 3.59. The molecule has 0 aromatic heterocycles. The van der Waals surface area contributed by atoms with Crippen LogP contribution in [0, 0.1) is 5.92 Å². The van der Waals surface area contributed by atoms with Crippen LogP contribution in [0.1, 0.15) is 26.2 Å². The summed E-state index contributed by atoms with van der Waals surface area (Å²) in [6, 6.07) is 0. The molecule has 0 amide bonds. The molecule has 0 aromatic carbocycles. The molecule has 0 unspecified atom stereocenters. The van der Waals surface area contributed by atoms with Gasteiger partial charge in [0.2, 0.25) is 0 Å². The summed E-state index contributed by atoms with van der Waals surface area (Å²) in [6.45, 7) is 2.83. The third-order valence-electron chi connectivity index (χ3n) is 1.26. The van der Waals surface area contributed by atoms with Gasteiger partial charge in [-0.05, 0) is 25.2 Å². The minimum absolute atomic E-state index is 0.738. The number of hydrogen-bond donors (Lipinski definition) is 0. The van der Waals surface area contributed by atoms with Crippen molar-refractivity contribution in [3.05, 3.63) is 0 Å². The lowest BCUT2D eigenvalue weighted by molar-refractivity contribution is 0.146. The Balaban J connectivity index is 1.89. The van der Waals surface area contributed by atoms with E-state index in [-0.39, 0.29) is 0 Å². The molecular formula is C7H13NO. The maximum absolute atomic E-state index is 4.90. The number of hydrogen-bond acceptors (Lipinski definition) is 2.